The zero-order valence-electron chi connectivity index (χ0n) is 20.2. The maximum absolute atomic E-state index is 13.5. The summed E-state index contributed by atoms with van der Waals surface area (Å²) in [6.45, 7) is 1.14. The average Bonchev–Trinajstić information content (AvgIpc) is 3.53. The molecule has 0 aliphatic carbocycles. The number of carbonyl (C=O) groups excluding carboxylic acids is 2. The molecule has 0 aliphatic rings. The molecule has 1 aromatic carbocycles. The first-order valence-electron chi connectivity index (χ1n) is 11.2. The van der Waals surface area contributed by atoms with E-state index < -0.39 is 30.4 Å². The van der Waals surface area contributed by atoms with Crippen molar-refractivity contribution in [3.63, 3.8) is 0 Å². The molecule has 6 N–H and O–H groups in total. The molecule has 0 aliphatic heterocycles. The minimum absolute atomic E-state index is 0.00373. The van der Waals surface area contributed by atoms with Gasteiger partial charge in [0.2, 0.25) is 0 Å². The lowest BCUT2D eigenvalue weighted by Gasteiger charge is -2.16. The van der Waals surface area contributed by atoms with Gasteiger partial charge in [-0.2, -0.15) is 18.3 Å². The molecule has 3 heterocycles. The van der Waals surface area contributed by atoms with Crippen molar-refractivity contribution >= 4 is 29.1 Å². The van der Waals surface area contributed by atoms with Crippen LogP contribution >= 0.6 is 11.6 Å². The fourth-order valence-electron chi connectivity index (χ4n) is 3.72. The van der Waals surface area contributed by atoms with Crippen LogP contribution in [0.25, 0.3) is 5.82 Å². The van der Waals surface area contributed by atoms with E-state index in [4.69, 9.17) is 23.1 Å². The van der Waals surface area contributed by atoms with Crippen LogP contribution in [0.15, 0.2) is 36.5 Å². The summed E-state index contributed by atoms with van der Waals surface area (Å²) < 4.78 is 41.4. The van der Waals surface area contributed by atoms with Gasteiger partial charge in [0.15, 0.2) is 5.82 Å². The van der Waals surface area contributed by atoms with Crippen LogP contribution in [0.3, 0.4) is 0 Å². The van der Waals surface area contributed by atoms with Crippen LogP contribution < -0.4 is 22.1 Å². The summed E-state index contributed by atoms with van der Waals surface area (Å²) in [4.78, 5) is 30.4. The van der Waals surface area contributed by atoms with Crippen LogP contribution in [0.4, 0.5) is 18.9 Å². The van der Waals surface area contributed by atoms with Gasteiger partial charge in [0.05, 0.1) is 35.2 Å². The molecule has 0 fully saturated rings. The highest BCUT2D eigenvalue weighted by atomic mass is 35.5. The Labute approximate surface area is 223 Å². The number of anilines is 1. The number of pyridine rings is 1. The van der Waals surface area contributed by atoms with Gasteiger partial charge in [-0.3, -0.25) is 9.59 Å². The van der Waals surface area contributed by atoms with E-state index >= 15 is 0 Å². The SMILES string of the molecule is Cc1cc(CN)cc(C(=O)NCN)c1NC(=O)c1cc(Cn2nnnc2C(F)(F)F)nn1-c1ncccc1Cl. The molecule has 0 radical (unpaired) electrons. The van der Waals surface area contributed by atoms with Gasteiger partial charge in [-0.05, 0) is 52.7 Å². The number of nitrogens with one attached hydrogen (secondary N) is 2. The van der Waals surface area contributed by atoms with Crippen LogP contribution in [-0.4, -0.2) is 53.5 Å². The molecule has 0 spiro atoms. The number of aromatic nitrogens is 7. The quantitative estimate of drug-likeness (QED) is 0.231. The summed E-state index contributed by atoms with van der Waals surface area (Å²) in [7, 11) is 0. The Kier molecular flexibility index (Phi) is 7.89. The van der Waals surface area contributed by atoms with Crippen LogP contribution in [0.5, 0.6) is 0 Å². The zero-order valence-corrected chi connectivity index (χ0v) is 21.0. The van der Waals surface area contributed by atoms with E-state index in [0.717, 1.165) is 4.68 Å². The number of benzene rings is 1. The summed E-state index contributed by atoms with van der Waals surface area (Å²) in [6.07, 6.45) is -3.41. The lowest BCUT2D eigenvalue weighted by molar-refractivity contribution is -0.147. The van der Waals surface area contributed by atoms with Crippen molar-refractivity contribution in [1.82, 2.24) is 40.3 Å². The number of amides is 2. The molecular weight excluding hydrogens is 543 g/mol. The predicted octanol–water partition coefficient (Wildman–Crippen LogP) is 1.64. The van der Waals surface area contributed by atoms with Gasteiger partial charge in [0, 0.05) is 12.7 Å². The summed E-state index contributed by atoms with van der Waals surface area (Å²) in [6, 6.07) is 7.51. The molecular formula is C22H21ClF3N11O2. The molecule has 0 bridgehead atoms. The fourth-order valence-corrected chi connectivity index (χ4v) is 3.92. The number of hydrogen-bond acceptors (Lipinski definition) is 9. The summed E-state index contributed by atoms with van der Waals surface area (Å²) in [5, 5.41) is 19.0. The molecule has 0 atom stereocenters. The van der Waals surface area contributed by atoms with Gasteiger partial charge >= 0.3 is 6.18 Å². The van der Waals surface area contributed by atoms with E-state index in [1.807, 2.05) is 0 Å². The first-order valence-corrected chi connectivity index (χ1v) is 11.6. The number of alkyl halides is 3. The van der Waals surface area contributed by atoms with E-state index in [9.17, 15) is 22.8 Å². The second-order valence-electron chi connectivity index (χ2n) is 8.10. The van der Waals surface area contributed by atoms with Crippen LogP contribution in [-0.2, 0) is 19.3 Å². The molecule has 39 heavy (non-hydrogen) atoms. The Morgan fingerprint density at radius 3 is 2.59 bits per heavy atom. The molecule has 4 rings (SSSR count). The highest BCUT2D eigenvalue weighted by Crippen LogP contribution is 2.28. The third kappa shape index (κ3) is 5.87. The number of tetrazole rings is 1. The Morgan fingerprint density at radius 1 is 1.15 bits per heavy atom. The minimum Gasteiger partial charge on any atom is -0.340 e. The topological polar surface area (TPSA) is 185 Å². The third-order valence-corrected chi connectivity index (χ3v) is 5.70. The molecule has 0 saturated heterocycles. The lowest BCUT2D eigenvalue weighted by Crippen LogP contribution is -2.31. The standard InChI is InChI=1S/C22H21ClF3N11O2/c1-11-5-12(8-27)6-14(19(38)30-10-28)17(11)31-20(39)16-7-13(9-36-21(22(24,25)26)32-34-35-36)33-37(16)18-15(23)3-2-4-29-18/h2-7H,8-10,27-28H2,1H3,(H,30,38)(H,31,39). The number of rotatable bonds is 8. The van der Waals surface area contributed by atoms with Gasteiger partial charge in [0.1, 0.15) is 5.69 Å². The summed E-state index contributed by atoms with van der Waals surface area (Å²) >= 11 is 6.27. The summed E-state index contributed by atoms with van der Waals surface area (Å²) in [5.74, 6) is -2.61. The molecule has 204 valence electrons. The highest BCUT2D eigenvalue weighted by Gasteiger charge is 2.38. The van der Waals surface area contributed by atoms with Gasteiger partial charge in [-0.25, -0.2) is 14.3 Å². The van der Waals surface area contributed by atoms with Crippen molar-refractivity contribution in [3.05, 3.63) is 75.5 Å². The summed E-state index contributed by atoms with van der Waals surface area (Å²) in [5.41, 5.74) is 12.5. The van der Waals surface area contributed by atoms with Crippen LogP contribution in [0, 0.1) is 6.92 Å². The maximum atomic E-state index is 13.5. The van der Waals surface area contributed by atoms with E-state index in [0.29, 0.717) is 15.8 Å². The predicted molar refractivity (Wildman–Crippen MR) is 132 cm³/mol. The van der Waals surface area contributed by atoms with Gasteiger partial charge in [-0.1, -0.05) is 17.7 Å². The molecule has 4 aromatic rings. The van der Waals surface area contributed by atoms with Crippen LogP contribution in [0.2, 0.25) is 5.02 Å². The van der Waals surface area contributed by atoms with Gasteiger partial charge in [-0.15, -0.1) is 5.10 Å². The lowest BCUT2D eigenvalue weighted by atomic mass is 10.0. The molecule has 2 amide bonds. The van der Waals surface area contributed by atoms with E-state index in [2.05, 4.69) is 36.2 Å². The Balaban J connectivity index is 1.78. The molecule has 13 nitrogen and oxygen atoms in total. The second-order valence-corrected chi connectivity index (χ2v) is 8.51. The van der Waals surface area contributed by atoms with Crippen molar-refractivity contribution in [2.45, 2.75) is 26.2 Å². The first-order chi connectivity index (χ1) is 18.5. The zero-order chi connectivity index (χ0) is 28.3. The Bertz CT molecular complexity index is 1530. The smallest absolute Gasteiger partial charge is 0.340 e. The fraction of sp³-hybridized carbons (Fsp3) is 0.227. The number of hydrogen-bond donors (Lipinski definition) is 4. The number of nitrogens with two attached hydrogens (primary N) is 2. The van der Waals surface area contributed by atoms with Crippen molar-refractivity contribution in [2.75, 3.05) is 12.0 Å². The molecule has 17 heteroatoms. The number of carbonyl (C=O) groups is 2. The number of nitrogens with zero attached hydrogens (tertiary/aromatic N) is 7. The molecule has 3 aromatic heterocycles. The van der Waals surface area contributed by atoms with Gasteiger partial charge < -0.3 is 22.1 Å². The van der Waals surface area contributed by atoms with E-state index in [1.165, 1.54) is 24.4 Å². The van der Waals surface area contributed by atoms with Gasteiger partial charge in [0.25, 0.3) is 17.6 Å². The van der Waals surface area contributed by atoms with Crippen LogP contribution in [0.1, 0.15) is 43.5 Å². The normalized spacial score (nSPS) is 11.5. The highest BCUT2D eigenvalue weighted by molar-refractivity contribution is 6.32. The largest absolute Gasteiger partial charge is 0.453 e. The Hall–Kier alpha value is -4.41. The number of aryl methyl sites for hydroxylation is 1. The van der Waals surface area contributed by atoms with E-state index in [1.54, 1.807) is 19.1 Å². The Morgan fingerprint density at radius 2 is 1.92 bits per heavy atom. The van der Waals surface area contributed by atoms with Crippen molar-refractivity contribution in [2.24, 2.45) is 11.5 Å². The maximum Gasteiger partial charge on any atom is 0.453 e. The monoisotopic (exact) mass is 563 g/mol. The second kappa shape index (κ2) is 11.1. The minimum atomic E-state index is -4.82. The average molecular weight is 564 g/mol. The van der Waals surface area contributed by atoms with Crippen molar-refractivity contribution < 1.29 is 22.8 Å². The molecule has 0 saturated carbocycles. The molecule has 0 unspecified atom stereocenters. The van der Waals surface area contributed by atoms with Crippen molar-refractivity contribution in [3.8, 4) is 5.82 Å². The number of halogens is 4. The van der Waals surface area contributed by atoms with Crippen molar-refractivity contribution in [1.29, 1.82) is 0 Å². The van der Waals surface area contributed by atoms with E-state index in [-0.39, 0.29) is 46.7 Å². The third-order valence-electron chi connectivity index (χ3n) is 5.41. The first kappa shape index (κ1) is 27.6.